The Kier molecular flexibility index (Phi) is 6.04. The quantitative estimate of drug-likeness (QED) is 0.856. The largest absolute Gasteiger partial charge is 0.341 e. The van der Waals surface area contributed by atoms with Gasteiger partial charge in [0.1, 0.15) is 6.04 Å². The molecule has 0 aliphatic carbocycles. The van der Waals surface area contributed by atoms with Crippen LogP contribution in [0.1, 0.15) is 44.2 Å². The lowest BCUT2D eigenvalue weighted by Crippen LogP contribution is -2.48. The maximum absolute atomic E-state index is 12.8. The molecule has 24 heavy (non-hydrogen) atoms. The highest BCUT2D eigenvalue weighted by Gasteiger charge is 2.31. The first kappa shape index (κ1) is 18.9. The fourth-order valence-electron chi connectivity index (χ4n) is 3.08. The van der Waals surface area contributed by atoms with Gasteiger partial charge >= 0.3 is 0 Å². The summed E-state index contributed by atoms with van der Waals surface area (Å²) < 4.78 is 28.3. The maximum Gasteiger partial charge on any atom is 0.241 e. The third-order valence-electron chi connectivity index (χ3n) is 4.35. The van der Waals surface area contributed by atoms with E-state index >= 15 is 0 Å². The molecule has 1 aromatic carbocycles. The van der Waals surface area contributed by atoms with Crippen LogP contribution in [0.4, 0.5) is 0 Å². The van der Waals surface area contributed by atoms with Crippen LogP contribution in [-0.2, 0) is 14.8 Å². The van der Waals surface area contributed by atoms with Gasteiger partial charge in [0, 0.05) is 13.1 Å². The molecule has 0 unspecified atom stereocenters. The Labute approximate surface area is 145 Å². The predicted molar refractivity (Wildman–Crippen MR) is 95.3 cm³/mol. The first-order valence-corrected chi connectivity index (χ1v) is 10.1. The number of likely N-dealkylation sites (tertiary alicyclic amines) is 1. The van der Waals surface area contributed by atoms with Crippen molar-refractivity contribution in [2.45, 2.75) is 57.9 Å². The molecule has 0 aromatic heterocycles. The number of hydrogen-bond donors (Lipinski definition) is 1. The Hall–Kier alpha value is -1.40. The van der Waals surface area contributed by atoms with E-state index in [4.69, 9.17) is 0 Å². The lowest BCUT2D eigenvalue weighted by Gasteiger charge is -2.25. The summed E-state index contributed by atoms with van der Waals surface area (Å²) in [5.41, 5.74) is 1.57. The van der Waals surface area contributed by atoms with Crippen LogP contribution >= 0.6 is 0 Å². The molecule has 1 aliphatic rings. The monoisotopic (exact) mass is 352 g/mol. The minimum atomic E-state index is -3.73. The maximum atomic E-state index is 12.8. The topological polar surface area (TPSA) is 66.5 Å². The molecular weight excluding hydrogens is 324 g/mol. The van der Waals surface area contributed by atoms with Crippen molar-refractivity contribution in [1.82, 2.24) is 9.62 Å². The number of nitrogens with zero attached hydrogens (tertiary/aromatic N) is 1. The summed E-state index contributed by atoms with van der Waals surface area (Å²) >= 11 is 0. The summed E-state index contributed by atoms with van der Waals surface area (Å²) in [5.74, 6) is 0.123. The van der Waals surface area contributed by atoms with Gasteiger partial charge in [-0.1, -0.05) is 26.0 Å². The van der Waals surface area contributed by atoms with E-state index in [2.05, 4.69) is 4.72 Å². The SMILES string of the molecule is Cc1ccc(C)c(S(=O)(=O)N[C@H](CC(C)C)C(=O)N2CCCC2)c1. The van der Waals surface area contributed by atoms with Crippen molar-refractivity contribution in [2.75, 3.05) is 13.1 Å². The van der Waals surface area contributed by atoms with Crippen LogP contribution in [0.2, 0.25) is 0 Å². The van der Waals surface area contributed by atoms with Gasteiger partial charge in [0.05, 0.1) is 4.90 Å². The molecule has 1 fully saturated rings. The molecule has 1 atom stereocenters. The van der Waals surface area contributed by atoms with Crippen molar-refractivity contribution in [3.63, 3.8) is 0 Å². The number of carbonyl (C=O) groups excluding carboxylic acids is 1. The van der Waals surface area contributed by atoms with Gasteiger partial charge in [-0.15, -0.1) is 0 Å². The van der Waals surface area contributed by atoms with Crippen LogP contribution in [0.5, 0.6) is 0 Å². The Bertz CT molecular complexity index is 692. The number of nitrogens with one attached hydrogen (secondary N) is 1. The highest BCUT2D eigenvalue weighted by atomic mass is 32.2. The summed E-state index contributed by atoms with van der Waals surface area (Å²) in [6, 6.07) is 4.64. The minimum absolute atomic E-state index is 0.102. The number of rotatable bonds is 6. The van der Waals surface area contributed by atoms with E-state index in [0.29, 0.717) is 12.0 Å². The smallest absolute Gasteiger partial charge is 0.241 e. The third kappa shape index (κ3) is 4.57. The van der Waals surface area contributed by atoms with Gasteiger partial charge in [-0.3, -0.25) is 4.79 Å². The van der Waals surface area contributed by atoms with Gasteiger partial charge in [-0.05, 0) is 56.2 Å². The molecule has 0 bridgehead atoms. The fraction of sp³-hybridized carbons (Fsp3) is 0.611. The highest BCUT2D eigenvalue weighted by Crippen LogP contribution is 2.20. The Balaban J connectivity index is 2.27. The number of carbonyl (C=O) groups is 1. The zero-order valence-electron chi connectivity index (χ0n) is 15.0. The summed E-state index contributed by atoms with van der Waals surface area (Å²) in [5, 5.41) is 0. The molecule has 2 rings (SSSR count). The van der Waals surface area contributed by atoms with E-state index in [1.807, 2.05) is 26.8 Å². The Morgan fingerprint density at radius 3 is 2.42 bits per heavy atom. The number of hydrogen-bond acceptors (Lipinski definition) is 3. The third-order valence-corrected chi connectivity index (χ3v) is 5.97. The molecule has 5 nitrogen and oxygen atoms in total. The zero-order valence-corrected chi connectivity index (χ0v) is 15.8. The molecule has 1 aromatic rings. The zero-order chi connectivity index (χ0) is 17.9. The van der Waals surface area contributed by atoms with Crippen molar-refractivity contribution in [3.8, 4) is 0 Å². The summed E-state index contributed by atoms with van der Waals surface area (Å²) in [4.78, 5) is 14.8. The van der Waals surface area contributed by atoms with E-state index in [1.165, 1.54) is 0 Å². The van der Waals surface area contributed by atoms with Crippen LogP contribution in [0.25, 0.3) is 0 Å². The first-order chi connectivity index (χ1) is 11.2. The van der Waals surface area contributed by atoms with Gasteiger partial charge < -0.3 is 4.90 Å². The van der Waals surface area contributed by atoms with E-state index in [9.17, 15) is 13.2 Å². The molecule has 6 heteroatoms. The molecule has 1 N–H and O–H groups in total. The second-order valence-electron chi connectivity index (χ2n) is 7.10. The average Bonchev–Trinajstić information content (AvgIpc) is 3.01. The van der Waals surface area contributed by atoms with Crippen LogP contribution in [0.3, 0.4) is 0 Å². The van der Waals surface area contributed by atoms with Crippen molar-refractivity contribution < 1.29 is 13.2 Å². The van der Waals surface area contributed by atoms with Gasteiger partial charge in [0.15, 0.2) is 0 Å². The van der Waals surface area contributed by atoms with Crippen LogP contribution in [0.15, 0.2) is 23.1 Å². The Morgan fingerprint density at radius 2 is 1.83 bits per heavy atom. The standard InChI is InChI=1S/C18H28N2O3S/c1-13(2)11-16(18(21)20-9-5-6-10-20)19-24(22,23)17-12-14(3)7-8-15(17)4/h7-8,12-13,16,19H,5-6,9-11H2,1-4H3/t16-/m1/s1. The summed E-state index contributed by atoms with van der Waals surface area (Å²) in [7, 11) is -3.73. The molecule has 134 valence electrons. The van der Waals surface area contributed by atoms with Gasteiger partial charge in [0.2, 0.25) is 15.9 Å². The van der Waals surface area contributed by atoms with Crippen LogP contribution in [0, 0.1) is 19.8 Å². The average molecular weight is 353 g/mol. The minimum Gasteiger partial charge on any atom is -0.341 e. The fourth-order valence-corrected chi connectivity index (χ4v) is 4.61. The lowest BCUT2D eigenvalue weighted by atomic mass is 10.0. The van der Waals surface area contributed by atoms with E-state index in [0.717, 1.165) is 31.5 Å². The molecule has 0 spiro atoms. The number of benzene rings is 1. The molecule has 1 saturated heterocycles. The second kappa shape index (κ2) is 7.66. The van der Waals surface area contributed by atoms with Gasteiger partial charge in [-0.2, -0.15) is 4.72 Å². The van der Waals surface area contributed by atoms with Crippen molar-refractivity contribution >= 4 is 15.9 Å². The van der Waals surface area contributed by atoms with E-state index in [-0.39, 0.29) is 16.7 Å². The highest BCUT2D eigenvalue weighted by molar-refractivity contribution is 7.89. The van der Waals surface area contributed by atoms with Crippen molar-refractivity contribution in [1.29, 1.82) is 0 Å². The Morgan fingerprint density at radius 1 is 1.21 bits per heavy atom. The summed E-state index contributed by atoms with van der Waals surface area (Å²) in [6.45, 7) is 9.07. The van der Waals surface area contributed by atoms with Crippen LogP contribution in [-0.4, -0.2) is 38.4 Å². The number of amides is 1. The number of aryl methyl sites for hydroxylation is 2. The molecule has 0 saturated carbocycles. The molecule has 1 amide bonds. The van der Waals surface area contributed by atoms with Crippen molar-refractivity contribution in [3.05, 3.63) is 29.3 Å². The van der Waals surface area contributed by atoms with Crippen LogP contribution < -0.4 is 4.72 Å². The lowest BCUT2D eigenvalue weighted by molar-refractivity contribution is -0.132. The molecule has 1 heterocycles. The first-order valence-electron chi connectivity index (χ1n) is 8.59. The molecule has 0 radical (unpaired) electrons. The van der Waals surface area contributed by atoms with Crippen molar-refractivity contribution in [2.24, 2.45) is 5.92 Å². The predicted octanol–water partition coefficient (Wildman–Crippen LogP) is 2.62. The van der Waals surface area contributed by atoms with Gasteiger partial charge in [-0.25, -0.2) is 8.42 Å². The molecular formula is C18H28N2O3S. The second-order valence-corrected chi connectivity index (χ2v) is 8.79. The molecule has 1 aliphatic heterocycles. The van der Waals surface area contributed by atoms with E-state index in [1.54, 1.807) is 24.0 Å². The van der Waals surface area contributed by atoms with Gasteiger partial charge in [0.25, 0.3) is 0 Å². The number of sulfonamides is 1. The van der Waals surface area contributed by atoms with E-state index < -0.39 is 16.1 Å². The summed E-state index contributed by atoms with van der Waals surface area (Å²) in [6.07, 6.45) is 2.48. The normalized spacial score (nSPS) is 16.6.